The van der Waals surface area contributed by atoms with Gasteiger partial charge in [0.15, 0.2) is 5.82 Å². The molecule has 0 atom stereocenters. The van der Waals surface area contributed by atoms with Crippen LogP contribution in [-0.2, 0) is 0 Å². The van der Waals surface area contributed by atoms with E-state index in [1.807, 2.05) is 0 Å². The minimum atomic E-state index is -0.00190. The SMILES string of the molecule is CCCCCCCCN1C2=NCCN2C(=O)c2[nH]cnc21. The van der Waals surface area contributed by atoms with Crippen LogP contribution < -0.4 is 4.90 Å². The average Bonchev–Trinajstić information content (AvgIpc) is 3.15. The van der Waals surface area contributed by atoms with Crippen molar-refractivity contribution in [1.29, 1.82) is 0 Å². The summed E-state index contributed by atoms with van der Waals surface area (Å²) in [6, 6.07) is 0. The maximum atomic E-state index is 12.3. The van der Waals surface area contributed by atoms with Gasteiger partial charge in [0, 0.05) is 13.1 Å². The molecule has 6 heteroatoms. The molecule has 0 saturated carbocycles. The van der Waals surface area contributed by atoms with E-state index in [0.29, 0.717) is 18.8 Å². The summed E-state index contributed by atoms with van der Waals surface area (Å²) in [5.74, 6) is 1.52. The lowest BCUT2D eigenvalue weighted by Crippen LogP contribution is -2.50. The number of aromatic amines is 1. The highest BCUT2D eigenvalue weighted by molar-refractivity contribution is 6.17. The number of anilines is 1. The molecule has 0 unspecified atom stereocenters. The zero-order chi connectivity index (χ0) is 14.7. The molecule has 0 radical (unpaired) electrons. The van der Waals surface area contributed by atoms with E-state index < -0.39 is 0 Å². The molecule has 0 spiro atoms. The van der Waals surface area contributed by atoms with Gasteiger partial charge in [-0.15, -0.1) is 0 Å². The highest BCUT2D eigenvalue weighted by Crippen LogP contribution is 2.27. The minimum Gasteiger partial charge on any atom is -0.339 e. The quantitative estimate of drug-likeness (QED) is 0.784. The first kappa shape index (κ1) is 14.1. The number of aliphatic imine (C=N–C) groups is 1. The number of guanidine groups is 1. The fraction of sp³-hybridized carbons (Fsp3) is 0.667. The molecule has 1 aromatic rings. The minimum absolute atomic E-state index is 0.00190. The second kappa shape index (κ2) is 6.28. The third kappa shape index (κ3) is 2.66. The van der Waals surface area contributed by atoms with Gasteiger partial charge in [-0.3, -0.25) is 19.6 Å². The van der Waals surface area contributed by atoms with Crippen molar-refractivity contribution in [1.82, 2.24) is 14.9 Å². The van der Waals surface area contributed by atoms with Crippen LogP contribution in [0.5, 0.6) is 0 Å². The second-order valence-electron chi connectivity index (χ2n) is 5.66. The van der Waals surface area contributed by atoms with Gasteiger partial charge in [-0.25, -0.2) is 4.98 Å². The molecule has 1 amide bonds. The lowest BCUT2D eigenvalue weighted by molar-refractivity contribution is 0.0846. The van der Waals surface area contributed by atoms with Crippen molar-refractivity contribution in [2.75, 3.05) is 24.5 Å². The van der Waals surface area contributed by atoms with Gasteiger partial charge in [0.25, 0.3) is 5.91 Å². The fourth-order valence-electron chi connectivity index (χ4n) is 2.99. The Morgan fingerprint density at radius 1 is 1.24 bits per heavy atom. The van der Waals surface area contributed by atoms with E-state index in [-0.39, 0.29) is 5.91 Å². The second-order valence-corrected chi connectivity index (χ2v) is 5.66. The molecular formula is C15H23N5O. The smallest absolute Gasteiger partial charge is 0.280 e. The molecule has 0 aliphatic carbocycles. The summed E-state index contributed by atoms with van der Waals surface area (Å²) in [6.45, 7) is 4.49. The molecule has 2 aliphatic heterocycles. The predicted molar refractivity (Wildman–Crippen MR) is 82.6 cm³/mol. The summed E-state index contributed by atoms with van der Waals surface area (Å²) in [6.07, 6.45) is 9.12. The molecule has 114 valence electrons. The molecule has 0 bridgehead atoms. The van der Waals surface area contributed by atoms with Crippen molar-refractivity contribution >= 4 is 17.7 Å². The molecule has 0 fully saturated rings. The lowest BCUT2D eigenvalue weighted by Gasteiger charge is -2.33. The molecule has 0 saturated heterocycles. The topological polar surface area (TPSA) is 64.6 Å². The summed E-state index contributed by atoms with van der Waals surface area (Å²) in [4.78, 5) is 27.9. The first-order valence-corrected chi connectivity index (χ1v) is 8.00. The maximum absolute atomic E-state index is 12.3. The van der Waals surface area contributed by atoms with E-state index in [1.165, 1.54) is 32.1 Å². The molecule has 6 nitrogen and oxygen atoms in total. The Kier molecular flexibility index (Phi) is 4.22. The number of aromatic nitrogens is 2. The van der Waals surface area contributed by atoms with Crippen molar-refractivity contribution in [2.45, 2.75) is 45.4 Å². The lowest BCUT2D eigenvalue weighted by atomic mass is 10.1. The van der Waals surface area contributed by atoms with Crippen LogP contribution in [0, 0.1) is 0 Å². The zero-order valence-electron chi connectivity index (χ0n) is 12.6. The standard InChI is InChI=1S/C15H23N5O/c1-2-3-4-5-6-7-9-19-13-12(17-11-18-13)14(21)20-10-8-16-15(19)20/h11H,2-10H2,1H3,(H,17,18). The van der Waals surface area contributed by atoms with Crippen LogP contribution in [0.1, 0.15) is 55.9 Å². The summed E-state index contributed by atoms with van der Waals surface area (Å²) < 4.78 is 0. The van der Waals surface area contributed by atoms with Crippen molar-refractivity contribution in [3.8, 4) is 0 Å². The Labute approximate surface area is 125 Å². The monoisotopic (exact) mass is 289 g/mol. The first-order chi connectivity index (χ1) is 10.3. The Morgan fingerprint density at radius 2 is 2.05 bits per heavy atom. The number of carbonyl (C=O) groups is 1. The summed E-state index contributed by atoms with van der Waals surface area (Å²) in [7, 11) is 0. The number of unbranched alkanes of at least 4 members (excludes halogenated alkanes) is 5. The van der Waals surface area contributed by atoms with Crippen LogP contribution in [0.15, 0.2) is 11.3 Å². The van der Waals surface area contributed by atoms with Gasteiger partial charge in [0.2, 0.25) is 5.96 Å². The maximum Gasteiger partial charge on any atom is 0.280 e. The summed E-state index contributed by atoms with van der Waals surface area (Å²) >= 11 is 0. The van der Waals surface area contributed by atoms with Gasteiger partial charge in [0.05, 0.1) is 12.9 Å². The van der Waals surface area contributed by atoms with Gasteiger partial charge < -0.3 is 4.98 Å². The number of imidazole rings is 1. The van der Waals surface area contributed by atoms with E-state index in [1.54, 1.807) is 11.2 Å². The molecule has 1 aromatic heterocycles. The van der Waals surface area contributed by atoms with E-state index in [9.17, 15) is 4.79 Å². The number of carbonyl (C=O) groups excluding carboxylic acids is 1. The number of fused-ring (bicyclic) bond motifs is 2. The molecule has 3 heterocycles. The fourth-order valence-corrected chi connectivity index (χ4v) is 2.99. The Bertz CT molecular complexity index is 536. The Morgan fingerprint density at radius 3 is 2.90 bits per heavy atom. The number of nitrogens with zero attached hydrogens (tertiary/aromatic N) is 4. The third-order valence-electron chi connectivity index (χ3n) is 4.13. The van der Waals surface area contributed by atoms with Crippen LogP contribution in [0.2, 0.25) is 0 Å². The van der Waals surface area contributed by atoms with Gasteiger partial charge in [-0.1, -0.05) is 39.0 Å². The van der Waals surface area contributed by atoms with E-state index in [0.717, 1.165) is 24.7 Å². The third-order valence-corrected chi connectivity index (χ3v) is 4.13. The highest BCUT2D eigenvalue weighted by atomic mass is 16.2. The van der Waals surface area contributed by atoms with E-state index >= 15 is 0 Å². The van der Waals surface area contributed by atoms with Crippen molar-refractivity contribution in [3.63, 3.8) is 0 Å². The highest BCUT2D eigenvalue weighted by Gasteiger charge is 2.38. The van der Waals surface area contributed by atoms with Crippen LogP contribution in [0.25, 0.3) is 0 Å². The van der Waals surface area contributed by atoms with E-state index in [4.69, 9.17) is 0 Å². The zero-order valence-corrected chi connectivity index (χ0v) is 12.6. The summed E-state index contributed by atoms with van der Waals surface area (Å²) in [5.41, 5.74) is 0.599. The van der Waals surface area contributed by atoms with Crippen LogP contribution in [0.3, 0.4) is 0 Å². The number of hydrogen-bond donors (Lipinski definition) is 1. The van der Waals surface area contributed by atoms with Gasteiger partial charge in [0.1, 0.15) is 5.69 Å². The van der Waals surface area contributed by atoms with Gasteiger partial charge in [-0.2, -0.15) is 0 Å². The van der Waals surface area contributed by atoms with Gasteiger partial charge in [-0.05, 0) is 6.42 Å². The van der Waals surface area contributed by atoms with Gasteiger partial charge >= 0.3 is 0 Å². The Balaban J connectivity index is 1.64. The van der Waals surface area contributed by atoms with Crippen molar-refractivity contribution in [2.24, 2.45) is 4.99 Å². The first-order valence-electron chi connectivity index (χ1n) is 8.00. The number of H-pyrrole nitrogens is 1. The van der Waals surface area contributed by atoms with Crippen LogP contribution in [0.4, 0.5) is 5.82 Å². The van der Waals surface area contributed by atoms with E-state index in [2.05, 4.69) is 26.8 Å². The van der Waals surface area contributed by atoms with Crippen molar-refractivity contribution < 1.29 is 4.79 Å². The summed E-state index contributed by atoms with van der Waals surface area (Å²) in [5, 5.41) is 0. The molecule has 21 heavy (non-hydrogen) atoms. The largest absolute Gasteiger partial charge is 0.339 e. The number of hydrogen-bond acceptors (Lipinski definition) is 4. The number of rotatable bonds is 7. The Hall–Kier alpha value is -1.85. The molecule has 0 aromatic carbocycles. The predicted octanol–water partition coefficient (Wildman–Crippen LogP) is 2.40. The molecule has 2 aliphatic rings. The number of nitrogens with one attached hydrogen (secondary N) is 1. The van der Waals surface area contributed by atoms with Crippen molar-refractivity contribution in [3.05, 3.63) is 12.0 Å². The molecule has 3 rings (SSSR count). The van der Waals surface area contributed by atoms with Crippen LogP contribution >= 0.6 is 0 Å². The molecular weight excluding hydrogens is 266 g/mol. The number of amides is 1. The normalized spacial score (nSPS) is 17.0. The average molecular weight is 289 g/mol. The van der Waals surface area contributed by atoms with Crippen LogP contribution in [-0.4, -0.2) is 46.4 Å². The molecule has 1 N–H and O–H groups in total.